The fourth-order valence-electron chi connectivity index (χ4n) is 2.79. The van der Waals surface area contributed by atoms with E-state index < -0.39 is 43.0 Å². The van der Waals surface area contributed by atoms with Crippen molar-refractivity contribution in [3.63, 3.8) is 0 Å². The summed E-state index contributed by atoms with van der Waals surface area (Å²) in [6.07, 6.45) is 1.45. The number of carbonyl (C=O) groups is 1. The molecule has 0 atom stereocenters. The van der Waals surface area contributed by atoms with Gasteiger partial charge in [0.1, 0.15) is 24.6 Å². The van der Waals surface area contributed by atoms with Gasteiger partial charge in [0.25, 0.3) is 11.4 Å². The van der Waals surface area contributed by atoms with Gasteiger partial charge >= 0.3 is 5.97 Å². The first kappa shape index (κ1) is 24.3. The molecule has 0 spiro atoms. The fourth-order valence-corrected chi connectivity index (χ4v) is 3.78. The zero-order valence-corrected chi connectivity index (χ0v) is 18.2. The molecule has 34 heavy (non-hydrogen) atoms. The molecule has 0 aliphatic rings. The number of nitro benzene ring substituents is 2. The lowest BCUT2D eigenvalue weighted by Crippen LogP contribution is -2.30. The average Bonchev–Trinajstić information content (AvgIpc) is 3.34. The highest BCUT2D eigenvalue weighted by molar-refractivity contribution is 7.89. The standard InChI is InChI=1S/C20H18N4O9S/c25-20(33-13-14-3-1-4-15(9-14)23(26)27)12-22-34(30,31)17-6-7-18(19(10-17)24(28)29)21-11-16-5-2-8-32-16/h1-10,21-22H,11-13H2. The van der Waals surface area contributed by atoms with Crippen molar-refractivity contribution in [1.29, 1.82) is 0 Å². The van der Waals surface area contributed by atoms with Gasteiger partial charge in [-0.05, 0) is 29.8 Å². The topological polar surface area (TPSA) is 184 Å². The first-order chi connectivity index (χ1) is 16.2. The van der Waals surface area contributed by atoms with E-state index in [0.29, 0.717) is 11.3 Å². The molecule has 0 unspecified atom stereocenters. The van der Waals surface area contributed by atoms with Crippen molar-refractivity contribution in [2.45, 2.75) is 18.0 Å². The van der Waals surface area contributed by atoms with Crippen molar-refractivity contribution in [3.05, 3.63) is 92.4 Å². The van der Waals surface area contributed by atoms with E-state index in [4.69, 9.17) is 9.15 Å². The molecule has 14 heteroatoms. The van der Waals surface area contributed by atoms with Gasteiger partial charge in [0, 0.05) is 18.2 Å². The van der Waals surface area contributed by atoms with Gasteiger partial charge in [-0.15, -0.1) is 0 Å². The molecule has 0 aliphatic heterocycles. The van der Waals surface area contributed by atoms with Crippen LogP contribution in [0.4, 0.5) is 17.1 Å². The highest BCUT2D eigenvalue weighted by Gasteiger charge is 2.22. The van der Waals surface area contributed by atoms with Crippen LogP contribution in [0.5, 0.6) is 0 Å². The summed E-state index contributed by atoms with van der Waals surface area (Å²) in [5.41, 5.74) is -0.240. The summed E-state index contributed by atoms with van der Waals surface area (Å²) in [7, 11) is -4.28. The minimum atomic E-state index is -4.28. The molecule has 0 bridgehead atoms. The van der Waals surface area contributed by atoms with E-state index in [-0.39, 0.29) is 24.5 Å². The quantitative estimate of drug-likeness (QED) is 0.230. The van der Waals surface area contributed by atoms with Gasteiger partial charge in [-0.25, -0.2) is 8.42 Å². The zero-order chi connectivity index (χ0) is 24.7. The van der Waals surface area contributed by atoms with Crippen molar-refractivity contribution in [2.75, 3.05) is 11.9 Å². The van der Waals surface area contributed by atoms with Gasteiger partial charge in [0.05, 0.1) is 27.6 Å². The Kier molecular flexibility index (Phi) is 7.55. The highest BCUT2D eigenvalue weighted by atomic mass is 32.2. The van der Waals surface area contributed by atoms with E-state index in [1.807, 2.05) is 4.72 Å². The summed E-state index contributed by atoms with van der Waals surface area (Å²) in [5.74, 6) is -0.419. The Morgan fingerprint density at radius 3 is 2.50 bits per heavy atom. The molecule has 0 saturated heterocycles. The first-order valence-electron chi connectivity index (χ1n) is 9.59. The van der Waals surface area contributed by atoms with Crippen molar-refractivity contribution in [1.82, 2.24) is 4.72 Å². The molecule has 0 amide bonds. The molecule has 0 saturated carbocycles. The fraction of sp³-hybridized carbons (Fsp3) is 0.150. The molecule has 0 aliphatic carbocycles. The maximum atomic E-state index is 12.5. The van der Waals surface area contributed by atoms with E-state index in [9.17, 15) is 33.4 Å². The number of non-ortho nitro benzene ring substituents is 1. The Hall–Kier alpha value is -4.30. The lowest BCUT2D eigenvalue weighted by molar-refractivity contribution is -0.385. The van der Waals surface area contributed by atoms with Crippen LogP contribution in [0.1, 0.15) is 11.3 Å². The number of benzene rings is 2. The van der Waals surface area contributed by atoms with Crippen LogP contribution in [-0.2, 0) is 32.7 Å². The summed E-state index contributed by atoms with van der Waals surface area (Å²) in [4.78, 5) is 32.4. The molecule has 13 nitrogen and oxygen atoms in total. The van der Waals surface area contributed by atoms with E-state index in [1.54, 1.807) is 12.1 Å². The molecule has 3 rings (SSSR count). The number of nitrogens with one attached hydrogen (secondary N) is 2. The molecule has 1 aromatic heterocycles. The third-order valence-electron chi connectivity index (χ3n) is 4.44. The Balaban J connectivity index is 1.61. The predicted octanol–water partition coefficient (Wildman–Crippen LogP) is 2.73. The van der Waals surface area contributed by atoms with Gasteiger partial charge < -0.3 is 14.5 Å². The first-order valence-corrected chi connectivity index (χ1v) is 11.1. The SMILES string of the molecule is O=C(CNS(=O)(=O)c1ccc(NCc2ccco2)c([N+](=O)[O-])c1)OCc1cccc([N+](=O)[O-])c1. The lowest BCUT2D eigenvalue weighted by atomic mass is 10.2. The molecule has 178 valence electrons. The van der Waals surface area contributed by atoms with Crippen molar-refractivity contribution < 1.29 is 32.2 Å². The molecule has 3 aromatic rings. The second kappa shape index (κ2) is 10.5. The van der Waals surface area contributed by atoms with Gasteiger partial charge in [0.2, 0.25) is 10.0 Å². The number of esters is 1. The van der Waals surface area contributed by atoms with Crippen LogP contribution >= 0.6 is 0 Å². The summed E-state index contributed by atoms with van der Waals surface area (Å²) in [5, 5.41) is 25.0. The summed E-state index contributed by atoms with van der Waals surface area (Å²) < 4.78 is 37.1. The zero-order valence-electron chi connectivity index (χ0n) is 17.4. The second-order valence-electron chi connectivity index (χ2n) is 6.78. The minimum absolute atomic E-state index is 0.0803. The maximum Gasteiger partial charge on any atom is 0.321 e. The molecular formula is C20H18N4O9S. The Labute approximate surface area is 192 Å². The Bertz CT molecular complexity index is 1310. The van der Waals surface area contributed by atoms with Crippen molar-refractivity contribution in [3.8, 4) is 0 Å². The van der Waals surface area contributed by atoms with Crippen LogP contribution in [0.25, 0.3) is 0 Å². The number of rotatable bonds is 11. The van der Waals surface area contributed by atoms with Gasteiger partial charge in [-0.1, -0.05) is 12.1 Å². The molecule has 1 heterocycles. The maximum absolute atomic E-state index is 12.5. The molecule has 2 aromatic carbocycles. The third-order valence-corrected chi connectivity index (χ3v) is 5.84. The van der Waals surface area contributed by atoms with Crippen LogP contribution in [0.3, 0.4) is 0 Å². The Morgan fingerprint density at radius 1 is 1.03 bits per heavy atom. The van der Waals surface area contributed by atoms with E-state index in [0.717, 1.165) is 12.1 Å². The highest BCUT2D eigenvalue weighted by Crippen LogP contribution is 2.28. The van der Waals surface area contributed by atoms with Crippen LogP contribution in [0, 0.1) is 20.2 Å². The number of hydrogen-bond acceptors (Lipinski definition) is 10. The average molecular weight is 490 g/mol. The number of ether oxygens (including phenoxy) is 1. The number of nitrogens with zero attached hydrogens (tertiary/aromatic N) is 2. The monoisotopic (exact) mass is 490 g/mol. The molecule has 0 radical (unpaired) electrons. The van der Waals surface area contributed by atoms with Gasteiger partial charge in [-0.3, -0.25) is 25.0 Å². The van der Waals surface area contributed by atoms with Gasteiger partial charge in [-0.2, -0.15) is 4.72 Å². The molecular weight excluding hydrogens is 472 g/mol. The normalized spacial score (nSPS) is 11.1. The summed E-state index contributed by atoms with van der Waals surface area (Å²) in [6, 6.07) is 12.0. The molecule has 0 fully saturated rings. The summed E-state index contributed by atoms with van der Waals surface area (Å²) in [6.45, 7) is -0.901. The van der Waals surface area contributed by atoms with Crippen molar-refractivity contribution >= 4 is 33.1 Å². The van der Waals surface area contributed by atoms with Crippen LogP contribution in [0.15, 0.2) is 70.2 Å². The minimum Gasteiger partial charge on any atom is -0.467 e. The third kappa shape index (κ3) is 6.36. The number of hydrogen-bond donors (Lipinski definition) is 2. The van der Waals surface area contributed by atoms with E-state index >= 15 is 0 Å². The van der Waals surface area contributed by atoms with Crippen LogP contribution in [-0.4, -0.2) is 30.8 Å². The molecule has 2 N–H and O–H groups in total. The predicted molar refractivity (Wildman–Crippen MR) is 117 cm³/mol. The second-order valence-corrected chi connectivity index (χ2v) is 8.55. The number of furan rings is 1. The van der Waals surface area contributed by atoms with Gasteiger partial charge in [0.15, 0.2) is 0 Å². The van der Waals surface area contributed by atoms with E-state index in [2.05, 4.69) is 5.32 Å². The lowest BCUT2D eigenvalue weighted by Gasteiger charge is -2.10. The summed E-state index contributed by atoms with van der Waals surface area (Å²) >= 11 is 0. The number of carbonyl (C=O) groups excluding carboxylic acids is 1. The smallest absolute Gasteiger partial charge is 0.321 e. The van der Waals surface area contributed by atoms with Crippen molar-refractivity contribution in [2.24, 2.45) is 0 Å². The number of nitro groups is 2. The Morgan fingerprint density at radius 2 is 1.82 bits per heavy atom. The van der Waals surface area contributed by atoms with Crippen LogP contribution in [0.2, 0.25) is 0 Å². The number of sulfonamides is 1. The largest absolute Gasteiger partial charge is 0.467 e. The number of anilines is 1. The van der Waals surface area contributed by atoms with Crippen LogP contribution < -0.4 is 10.0 Å². The van der Waals surface area contributed by atoms with E-state index in [1.165, 1.54) is 36.6 Å².